The second-order valence-corrected chi connectivity index (χ2v) is 5.48. The zero-order chi connectivity index (χ0) is 13.0. The number of aryl methyl sites for hydroxylation is 1. The van der Waals surface area contributed by atoms with E-state index in [4.69, 9.17) is 17.3 Å². The van der Waals surface area contributed by atoms with Crippen LogP contribution in [0.25, 0.3) is 0 Å². The quantitative estimate of drug-likeness (QED) is 0.865. The van der Waals surface area contributed by atoms with Gasteiger partial charge in [0.05, 0.1) is 12.1 Å². The SMILES string of the molecule is Cc1ccc([C@H](N)[C@H](O)CCC(C)C)cc1Cl.Cl. The Balaban J connectivity index is 0.00000289. The fourth-order valence-electron chi connectivity index (χ4n) is 1.72. The van der Waals surface area contributed by atoms with Crippen LogP contribution in [0.1, 0.15) is 43.9 Å². The fraction of sp³-hybridized carbons (Fsp3) is 0.571. The highest BCUT2D eigenvalue weighted by Crippen LogP contribution is 2.24. The predicted octanol–water partition coefficient (Wildman–Crippen LogP) is 3.87. The van der Waals surface area contributed by atoms with Gasteiger partial charge in [-0.15, -0.1) is 12.4 Å². The summed E-state index contributed by atoms with van der Waals surface area (Å²) in [5.74, 6) is 0.582. The Kier molecular flexibility index (Phi) is 7.88. The molecule has 0 aliphatic rings. The lowest BCUT2D eigenvalue weighted by Gasteiger charge is -2.20. The number of nitrogens with two attached hydrogens (primary N) is 1. The smallest absolute Gasteiger partial charge is 0.0732 e. The fourth-order valence-corrected chi connectivity index (χ4v) is 1.91. The summed E-state index contributed by atoms with van der Waals surface area (Å²) in [6.45, 7) is 6.23. The van der Waals surface area contributed by atoms with Crippen LogP contribution < -0.4 is 5.73 Å². The van der Waals surface area contributed by atoms with Crippen LogP contribution in [-0.2, 0) is 0 Å². The summed E-state index contributed by atoms with van der Waals surface area (Å²) in [5, 5.41) is 10.7. The first-order valence-corrected chi connectivity index (χ1v) is 6.49. The molecule has 4 heteroatoms. The maximum absolute atomic E-state index is 10.0. The van der Waals surface area contributed by atoms with Gasteiger partial charge >= 0.3 is 0 Å². The summed E-state index contributed by atoms with van der Waals surface area (Å²) >= 11 is 6.05. The zero-order valence-electron chi connectivity index (χ0n) is 11.2. The second-order valence-electron chi connectivity index (χ2n) is 5.07. The van der Waals surface area contributed by atoms with E-state index in [1.807, 2.05) is 25.1 Å². The van der Waals surface area contributed by atoms with Crippen molar-refractivity contribution in [3.05, 3.63) is 34.3 Å². The van der Waals surface area contributed by atoms with Gasteiger partial charge in [0.1, 0.15) is 0 Å². The Morgan fingerprint density at radius 2 is 1.89 bits per heavy atom. The van der Waals surface area contributed by atoms with Crippen molar-refractivity contribution in [2.45, 2.75) is 45.8 Å². The number of hydrogen-bond donors (Lipinski definition) is 2. The van der Waals surface area contributed by atoms with Gasteiger partial charge in [0.2, 0.25) is 0 Å². The highest BCUT2D eigenvalue weighted by Gasteiger charge is 2.17. The van der Waals surface area contributed by atoms with Crippen LogP contribution in [0.5, 0.6) is 0 Å². The number of rotatable bonds is 5. The van der Waals surface area contributed by atoms with E-state index in [1.54, 1.807) is 0 Å². The van der Waals surface area contributed by atoms with E-state index < -0.39 is 6.10 Å². The number of halogens is 2. The molecule has 0 heterocycles. The molecule has 0 amide bonds. The maximum Gasteiger partial charge on any atom is 0.0732 e. The molecule has 104 valence electrons. The molecule has 0 aliphatic carbocycles. The monoisotopic (exact) mass is 291 g/mol. The highest BCUT2D eigenvalue weighted by molar-refractivity contribution is 6.31. The van der Waals surface area contributed by atoms with Crippen molar-refractivity contribution >= 4 is 24.0 Å². The van der Waals surface area contributed by atoms with Gasteiger partial charge < -0.3 is 10.8 Å². The van der Waals surface area contributed by atoms with Crippen molar-refractivity contribution in [2.75, 3.05) is 0 Å². The molecule has 0 spiro atoms. The van der Waals surface area contributed by atoms with Gasteiger partial charge in [-0.1, -0.05) is 37.6 Å². The Bertz CT molecular complexity index is 369. The van der Waals surface area contributed by atoms with Crippen LogP contribution in [0.4, 0.5) is 0 Å². The molecule has 0 bridgehead atoms. The van der Waals surface area contributed by atoms with Gasteiger partial charge in [-0.2, -0.15) is 0 Å². The normalized spacial score (nSPS) is 14.2. The Labute approximate surface area is 121 Å². The molecule has 2 nitrogen and oxygen atoms in total. The lowest BCUT2D eigenvalue weighted by molar-refractivity contribution is 0.128. The van der Waals surface area contributed by atoms with Crippen molar-refractivity contribution < 1.29 is 5.11 Å². The molecule has 2 atom stereocenters. The Morgan fingerprint density at radius 1 is 1.28 bits per heavy atom. The van der Waals surface area contributed by atoms with E-state index in [0.29, 0.717) is 10.9 Å². The molecule has 0 saturated heterocycles. The summed E-state index contributed by atoms with van der Waals surface area (Å²) in [5.41, 5.74) is 7.96. The summed E-state index contributed by atoms with van der Waals surface area (Å²) in [4.78, 5) is 0. The van der Waals surface area contributed by atoms with Crippen molar-refractivity contribution in [2.24, 2.45) is 11.7 Å². The van der Waals surface area contributed by atoms with E-state index in [1.165, 1.54) is 0 Å². The number of aliphatic hydroxyl groups excluding tert-OH is 1. The maximum atomic E-state index is 10.0. The molecule has 1 rings (SSSR count). The first-order chi connectivity index (χ1) is 7.91. The molecule has 0 aromatic heterocycles. The average Bonchev–Trinajstić information content (AvgIpc) is 2.28. The minimum atomic E-state index is -0.504. The van der Waals surface area contributed by atoms with Crippen LogP contribution in [0.2, 0.25) is 5.02 Å². The van der Waals surface area contributed by atoms with Crippen LogP contribution in [-0.4, -0.2) is 11.2 Å². The van der Waals surface area contributed by atoms with Crippen molar-refractivity contribution in [1.82, 2.24) is 0 Å². The largest absolute Gasteiger partial charge is 0.391 e. The van der Waals surface area contributed by atoms with Gasteiger partial charge in [0.25, 0.3) is 0 Å². The Morgan fingerprint density at radius 3 is 2.39 bits per heavy atom. The number of hydrogen-bond acceptors (Lipinski definition) is 2. The van der Waals surface area contributed by atoms with E-state index in [-0.39, 0.29) is 18.4 Å². The van der Waals surface area contributed by atoms with E-state index in [9.17, 15) is 5.11 Å². The van der Waals surface area contributed by atoms with Crippen LogP contribution >= 0.6 is 24.0 Å². The molecule has 0 saturated carbocycles. The predicted molar refractivity (Wildman–Crippen MR) is 80.4 cm³/mol. The highest BCUT2D eigenvalue weighted by atomic mass is 35.5. The first-order valence-electron chi connectivity index (χ1n) is 6.11. The minimum absolute atomic E-state index is 0. The van der Waals surface area contributed by atoms with E-state index >= 15 is 0 Å². The van der Waals surface area contributed by atoms with Crippen LogP contribution in [0, 0.1) is 12.8 Å². The number of benzene rings is 1. The van der Waals surface area contributed by atoms with E-state index in [0.717, 1.165) is 24.0 Å². The molecule has 0 radical (unpaired) electrons. The molecule has 18 heavy (non-hydrogen) atoms. The van der Waals surface area contributed by atoms with Crippen LogP contribution in [0.3, 0.4) is 0 Å². The number of aliphatic hydroxyl groups is 1. The van der Waals surface area contributed by atoms with Crippen molar-refractivity contribution in [1.29, 1.82) is 0 Å². The molecule has 3 N–H and O–H groups in total. The molecular weight excluding hydrogens is 269 g/mol. The third kappa shape index (κ3) is 5.15. The van der Waals surface area contributed by atoms with Gasteiger partial charge in [-0.25, -0.2) is 0 Å². The van der Waals surface area contributed by atoms with Crippen LogP contribution in [0.15, 0.2) is 18.2 Å². The molecule has 0 unspecified atom stereocenters. The van der Waals surface area contributed by atoms with E-state index in [2.05, 4.69) is 13.8 Å². The third-order valence-electron chi connectivity index (χ3n) is 3.04. The van der Waals surface area contributed by atoms with Gasteiger partial charge in [-0.05, 0) is 42.9 Å². The summed E-state index contributed by atoms with van der Waals surface area (Å²) in [6.07, 6.45) is 1.20. The topological polar surface area (TPSA) is 46.2 Å². The van der Waals surface area contributed by atoms with Gasteiger partial charge in [0, 0.05) is 5.02 Å². The summed E-state index contributed by atoms with van der Waals surface area (Å²) in [7, 11) is 0. The molecule has 0 fully saturated rings. The summed E-state index contributed by atoms with van der Waals surface area (Å²) in [6, 6.07) is 5.36. The lowest BCUT2D eigenvalue weighted by Crippen LogP contribution is -2.26. The molecular formula is C14H23Cl2NO. The van der Waals surface area contributed by atoms with Gasteiger partial charge in [-0.3, -0.25) is 0 Å². The molecule has 0 aliphatic heterocycles. The van der Waals surface area contributed by atoms with Crippen molar-refractivity contribution in [3.63, 3.8) is 0 Å². The third-order valence-corrected chi connectivity index (χ3v) is 3.44. The van der Waals surface area contributed by atoms with Crippen molar-refractivity contribution in [3.8, 4) is 0 Å². The average molecular weight is 292 g/mol. The zero-order valence-corrected chi connectivity index (χ0v) is 12.8. The molecule has 1 aromatic rings. The molecule has 1 aromatic carbocycles. The Hall–Kier alpha value is -0.280. The first kappa shape index (κ1) is 17.7. The second kappa shape index (κ2) is 8.00. The lowest BCUT2D eigenvalue weighted by atomic mass is 9.95. The minimum Gasteiger partial charge on any atom is -0.391 e. The standard InChI is InChI=1S/C14H22ClNO.ClH/c1-9(2)4-7-13(17)14(16)11-6-5-10(3)12(15)8-11;/h5-6,8-9,13-14,17H,4,7,16H2,1-3H3;1H/t13-,14+;/m1./s1. The summed E-state index contributed by atoms with van der Waals surface area (Å²) < 4.78 is 0. The van der Waals surface area contributed by atoms with Gasteiger partial charge in [0.15, 0.2) is 0 Å².